The molecule has 90 valence electrons. The summed E-state index contributed by atoms with van der Waals surface area (Å²) in [5.41, 5.74) is 1.17. The van der Waals surface area contributed by atoms with E-state index in [9.17, 15) is 14.0 Å². The monoisotopic (exact) mass is 237 g/mol. The number of rotatable bonds is 3. The summed E-state index contributed by atoms with van der Waals surface area (Å²) in [4.78, 5) is 23.9. The zero-order valence-electron chi connectivity index (χ0n) is 9.15. The number of carboxylic acids is 1. The fourth-order valence-corrected chi connectivity index (χ4v) is 1.94. The van der Waals surface area contributed by atoms with E-state index < -0.39 is 11.8 Å². The highest BCUT2D eigenvalue weighted by molar-refractivity contribution is 5.96. The summed E-state index contributed by atoms with van der Waals surface area (Å²) < 4.78 is 13.0. The number of amides is 1. The Kier molecular flexibility index (Phi) is 3.08. The molecule has 1 amide bonds. The summed E-state index contributed by atoms with van der Waals surface area (Å²) >= 11 is 0. The largest absolute Gasteiger partial charge is 0.481 e. The summed E-state index contributed by atoms with van der Waals surface area (Å²) in [6, 6.07) is 4.15. The summed E-state index contributed by atoms with van der Waals surface area (Å²) in [5.74, 6) is -1.67. The van der Waals surface area contributed by atoms with Gasteiger partial charge in [0.25, 0.3) is 5.91 Å². The average Bonchev–Trinajstić information content (AvgIpc) is 2.29. The Bertz CT molecular complexity index is 473. The van der Waals surface area contributed by atoms with Crippen molar-refractivity contribution in [3.63, 3.8) is 0 Å². The predicted molar refractivity (Wildman–Crippen MR) is 58.3 cm³/mol. The van der Waals surface area contributed by atoms with Crippen LogP contribution in [-0.4, -0.2) is 35.0 Å². The Hall–Kier alpha value is -1.91. The molecule has 0 bridgehead atoms. The second kappa shape index (κ2) is 4.53. The third kappa shape index (κ3) is 2.43. The zero-order chi connectivity index (χ0) is 12.4. The normalized spacial score (nSPS) is 14.6. The van der Waals surface area contributed by atoms with E-state index in [1.165, 1.54) is 17.0 Å². The molecule has 0 spiro atoms. The van der Waals surface area contributed by atoms with Crippen LogP contribution >= 0.6 is 0 Å². The molecule has 0 saturated carbocycles. The molecule has 5 heteroatoms. The number of halogens is 1. The predicted octanol–water partition coefficient (Wildman–Crippen LogP) is 1.30. The van der Waals surface area contributed by atoms with Crippen molar-refractivity contribution in [1.29, 1.82) is 0 Å². The number of nitrogens with zero attached hydrogens (tertiary/aromatic N) is 1. The van der Waals surface area contributed by atoms with Gasteiger partial charge in [0, 0.05) is 18.7 Å². The number of fused-ring (bicyclic) bond motifs is 1. The van der Waals surface area contributed by atoms with E-state index in [1.807, 2.05) is 0 Å². The van der Waals surface area contributed by atoms with E-state index in [1.54, 1.807) is 6.07 Å². The number of hydrogen-bond donors (Lipinski definition) is 1. The van der Waals surface area contributed by atoms with Gasteiger partial charge in [-0.1, -0.05) is 6.07 Å². The first-order chi connectivity index (χ1) is 8.08. The van der Waals surface area contributed by atoms with Crippen LogP contribution in [0.2, 0.25) is 0 Å². The van der Waals surface area contributed by atoms with Crippen LogP contribution in [0.5, 0.6) is 0 Å². The summed E-state index contributed by atoms with van der Waals surface area (Å²) in [7, 11) is 0. The van der Waals surface area contributed by atoms with E-state index in [0.29, 0.717) is 18.5 Å². The number of carboxylic acid groups (broad SMARTS) is 1. The molecule has 1 aromatic rings. The topological polar surface area (TPSA) is 57.6 Å². The van der Waals surface area contributed by atoms with Gasteiger partial charge in [-0.2, -0.15) is 0 Å². The lowest BCUT2D eigenvalue weighted by atomic mass is 9.99. The Balaban J connectivity index is 2.17. The molecule has 4 nitrogen and oxygen atoms in total. The summed E-state index contributed by atoms with van der Waals surface area (Å²) in [5, 5.41) is 8.57. The first kappa shape index (κ1) is 11.6. The van der Waals surface area contributed by atoms with Crippen LogP contribution in [0.1, 0.15) is 22.3 Å². The van der Waals surface area contributed by atoms with Gasteiger partial charge < -0.3 is 10.0 Å². The highest BCUT2D eigenvalue weighted by Crippen LogP contribution is 2.20. The first-order valence-corrected chi connectivity index (χ1v) is 5.37. The van der Waals surface area contributed by atoms with Gasteiger partial charge in [0.2, 0.25) is 0 Å². The molecule has 1 aliphatic heterocycles. The van der Waals surface area contributed by atoms with Crippen LogP contribution < -0.4 is 0 Å². The van der Waals surface area contributed by atoms with Crippen molar-refractivity contribution < 1.29 is 19.1 Å². The second-order valence-corrected chi connectivity index (χ2v) is 3.99. The van der Waals surface area contributed by atoms with Gasteiger partial charge in [0.15, 0.2) is 0 Å². The lowest BCUT2D eigenvalue weighted by Gasteiger charge is -2.28. The lowest BCUT2D eigenvalue weighted by Crippen LogP contribution is -2.38. The Morgan fingerprint density at radius 2 is 2.24 bits per heavy atom. The molecule has 0 fully saturated rings. The molecule has 0 radical (unpaired) electrons. The molecular weight excluding hydrogens is 225 g/mol. The minimum atomic E-state index is -0.942. The molecule has 17 heavy (non-hydrogen) atoms. The maximum Gasteiger partial charge on any atom is 0.305 e. The summed E-state index contributed by atoms with van der Waals surface area (Å²) in [6.07, 6.45) is 0.553. The molecule has 2 rings (SSSR count). The van der Waals surface area contributed by atoms with E-state index >= 15 is 0 Å². The van der Waals surface area contributed by atoms with Crippen molar-refractivity contribution in [2.75, 3.05) is 13.1 Å². The van der Waals surface area contributed by atoms with Crippen LogP contribution in [0.25, 0.3) is 0 Å². The third-order valence-electron chi connectivity index (χ3n) is 2.84. The zero-order valence-corrected chi connectivity index (χ0v) is 9.15. The van der Waals surface area contributed by atoms with Crippen molar-refractivity contribution in [3.05, 3.63) is 35.1 Å². The summed E-state index contributed by atoms with van der Waals surface area (Å²) in [6.45, 7) is 0.662. The number of benzene rings is 1. The van der Waals surface area contributed by atoms with E-state index in [4.69, 9.17) is 5.11 Å². The van der Waals surface area contributed by atoms with Crippen LogP contribution in [0, 0.1) is 5.82 Å². The smallest absolute Gasteiger partial charge is 0.305 e. The quantitative estimate of drug-likeness (QED) is 0.862. The van der Waals surface area contributed by atoms with Gasteiger partial charge in [-0.05, 0) is 24.1 Å². The molecule has 1 N–H and O–H groups in total. The highest BCUT2D eigenvalue weighted by Gasteiger charge is 2.24. The molecule has 0 unspecified atom stereocenters. The van der Waals surface area contributed by atoms with Gasteiger partial charge in [0.05, 0.1) is 6.42 Å². The Morgan fingerprint density at radius 3 is 2.94 bits per heavy atom. The van der Waals surface area contributed by atoms with Crippen molar-refractivity contribution in [3.8, 4) is 0 Å². The van der Waals surface area contributed by atoms with Crippen LogP contribution in [0.15, 0.2) is 18.2 Å². The average molecular weight is 237 g/mol. The maximum absolute atomic E-state index is 13.0. The molecule has 1 aliphatic rings. The molecule has 0 aliphatic carbocycles. The van der Waals surface area contributed by atoms with Crippen LogP contribution in [0.4, 0.5) is 4.39 Å². The molecule has 0 saturated heterocycles. The van der Waals surface area contributed by atoms with Crippen molar-refractivity contribution in [2.45, 2.75) is 12.8 Å². The number of carbonyl (C=O) groups is 2. The number of carbonyl (C=O) groups excluding carboxylic acids is 1. The minimum Gasteiger partial charge on any atom is -0.481 e. The molecule has 1 heterocycles. The Labute approximate surface area is 97.7 Å². The van der Waals surface area contributed by atoms with Crippen molar-refractivity contribution >= 4 is 11.9 Å². The van der Waals surface area contributed by atoms with Crippen LogP contribution in [0.3, 0.4) is 0 Å². The van der Waals surface area contributed by atoms with E-state index in [2.05, 4.69) is 0 Å². The fraction of sp³-hybridized carbons (Fsp3) is 0.333. The molecule has 0 aromatic heterocycles. The second-order valence-electron chi connectivity index (χ2n) is 3.99. The van der Waals surface area contributed by atoms with E-state index in [0.717, 1.165) is 5.56 Å². The fourth-order valence-electron chi connectivity index (χ4n) is 1.94. The third-order valence-corrected chi connectivity index (χ3v) is 2.84. The van der Waals surface area contributed by atoms with Crippen LogP contribution in [-0.2, 0) is 11.2 Å². The number of hydrogen-bond acceptors (Lipinski definition) is 2. The van der Waals surface area contributed by atoms with Gasteiger partial charge in [-0.15, -0.1) is 0 Å². The van der Waals surface area contributed by atoms with Crippen molar-refractivity contribution in [1.82, 2.24) is 4.90 Å². The molecular formula is C12H12FNO3. The maximum atomic E-state index is 13.0. The highest BCUT2D eigenvalue weighted by atomic mass is 19.1. The molecule has 1 aromatic carbocycles. The van der Waals surface area contributed by atoms with E-state index in [-0.39, 0.29) is 18.9 Å². The minimum absolute atomic E-state index is 0.0869. The SMILES string of the molecule is O=C(O)CCN1CCc2ccc(F)cc2C1=O. The number of aliphatic carboxylic acids is 1. The van der Waals surface area contributed by atoms with Gasteiger partial charge >= 0.3 is 5.97 Å². The van der Waals surface area contributed by atoms with Gasteiger partial charge in [-0.25, -0.2) is 4.39 Å². The Morgan fingerprint density at radius 1 is 1.47 bits per heavy atom. The van der Waals surface area contributed by atoms with Gasteiger partial charge in [0.1, 0.15) is 5.82 Å². The van der Waals surface area contributed by atoms with Gasteiger partial charge in [-0.3, -0.25) is 9.59 Å². The molecule has 0 atom stereocenters. The lowest BCUT2D eigenvalue weighted by molar-refractivity contribution is -0.137. The van der Waals surface area contributed by atoms with Crippen molar-refractivity contribution in [2.24, 2.45) is 0 Å². The standard InChI is InChI=1S/C12H12FNO3/c13-9-2-1-8-3-5-14(6-4-11(15)16)12(17)10(8)7-9/h1-2,7H,3-6H2,(H,15,16). The first-order valence-electron chi connectivity index (χ1n) is 5.37.